The second kappa shape index (κ2) is 8.94. The number of hydrogen-bond acceptors (Lipinski definition) is 5. The normalized spacial score (nSPS) is 21.6. The van der Waals surface area contributed by atoms with Crippen LogP contribution in [0, 0.1) is 5.92 Å². The molecule has 1 atom stereocenters. The van der Waals surface area contributed by atoms with Crippen LogP contribution in [0.3, 0.4) is 0 Å². The van der Waals surface area contributed by atoms with E-state index in [4.69, 9.17) is 4.74 Å². The van der Waals surface area contributed by atoms with E-state index < -0.39 is 10.0 Å². The predicted octanol–water partition coefficient (Wildman–Crippen LogP) is 0.230. The molecule has 2 fully saturated rings. The fourth-order valence-electron chi connectivity index (χ4n) is 3.46. The monoisotopic (exact) mass is 381 g/mol. The van der Waals surface area contributed by atoms with Gasteiger partial charge in [-0.3, -0.25) is 4.79 Å². The SMILES string of the molecule is O=C(NCCS(=O)(=O)N1CCOCC1)c1ccccc1CC1CCNC1. The Hall–Kier alpha value is -1.48. The summed E-state index contributed by atoms with van der Waals surface area (Å²) in [6.07, 6.45) is 1.98. The first-order valence-electron chi connectivity index (χ1n) is 9.18. The number of carbonyl (C=O) groups excluding carboxylic acids is 1. The Morgan fingerprint density at radius 1 is 1.27 bits per heavy atom. The predicted molar refractivity (Wildman–Crippen MR) is 99.6 cm³/mol. The molecule has 0 saturated carbocycles. The zero-order valence-electron chi connectivity index (χ0n) is 14.9. The first-order chi connectivity index (χ1) is 12.6. The molecule has 1 aromatic rings. The smallest absolute Gasteiger partial charge is 0.251 e. The van der Waals surface area contributed by atoms with Gasteiger partial charge in [0.25, 0.3) is 5.91 Å². The number of rotatable bonds is 7. The van der Waals surface area contributed by atoms with Crippen LogP contribution in [0.1, 0.15) is 22.3 Å². The second-order valence-electron chi connectivity index (χ2n) is 6.80. The highest BCUT2D eigenvalue weighted by atomic mass is 32.2. The number of benzene rings is 1. The number of amides is 1. The molecule has 2 N–H and O–H groups in total. The topological polar surface area (TPSA) is 87.7 Å². The average Bonchev–Trinajstić information content (AvgIpc) is 3.16. The van der Waals surface area contributed by atoms with Gasteiger partial charge in [0.15, 0.2) is 0 Å². The summed E-state index contributed by atoms with van der Waals surface area (Å²) in [5.41, 5.74) is 1.66. The Kier molecular flexibility index (Phi) is 6.63. The zero-order valence-corrected chi connectivity index (χ0v) is 15.8. The van der Waals surface area contributed by atoms with Crippen molar-refractivity contribution < 1.29 is 17.9 Å². The molecule has 2 saturated heterocycles. The molecule has 1 amide bonds. The molecule has 7 nitrogen and oxygen atoms in total. The van der Waals surface area contributed by atoms with Crippen molar-refractivity contribution in [3.05, 3.63) is 35.4 Å². The van der Waals surface area contributed by atoms with E-state index in [9.17, 15) is 13.2 Å². The number of nitrogens with one attached hydrogen (secondary N) is 2. The zero-order chi connectivity index (χ0) is 18.4. The Labute approximate surface area is 155 Å². The first kappa shape index (κ1) is 19.3. The van der Waals surface area contributed by atoms with Gasteiger partial charge in [-0.2, -0.15) is 4.31 Å². The Morgan fingerprint density at radius 3 is 2.77 bits per heavy atom. The molecule has 3 rings (SSSR count). The van der Waals surface area contributed by atoms with Gasteiger partial charge >= 0.3 is 0 Å². The van der Waals surface area contributed by atoms with Gasteiger partial charge in [-0.1, -0.05) is 18.2 Å². The van der Waals surface area contributed by atoms with E-state index in [1.807, 2.05) is 24.3 Å². The van der Waals surface area contributed by atoms with E-state index in [0.29, 0.717) is 37.8 Å². The highest BCUT2D eigenvalue weighted by Gasteiger charge is 2.24. The van der Waals surface area contributed by atoms with Gasteiger partial charge in [0.1, 0.15) is 0 Å². The second-order valence-corrected chi connectivity index (χ2v) is 8.89. The number of hydrogen-bond donors (Lipinski definition) is 2. The van der Waals surface area contributed by atoms with E-state index in [0.717, 1.165) is 31.5 Å². The van der Waals surface area contributed by atoms with Crippen LogP contribution < -0.4 is 10.6 Å². The van der Waals surface area contributed by atoms with Gasteiger partial charge in [0.05, 0.1) is 19.0 Å². The van der Waals surface area contributed by atoms with E-state index in [1.54, 1.807) is 0 Å². The lowest BCUT2D eigenvalue weighted by Gasteiger charge is -2.26. The standard InChI is InChI=1S/C18H27N3O4S/c22-18(20-7-12-26(23,24)21-8-10-25-11-9-21)17-4-2-1-3-16(17)13-15-5-6-19-14-15/h1-4,15,19H,5-14H2,(H,20,22). The van der Waals surface area contributed by atoms with Gasteiger partial charge in [-0.25, -0.2) is 8.42 Å². The largest absolute Gasteiger partial charge is 0.379 e. The number of nitrogens with zero attached hydrogens (tertiary/aromatic N) is 1. The van der Waals surface area contributed by atoms with Crippen LogP contribution in [0.5, 0.6) is 0 Å². The molecule has 8 heteroatoms. The Bertz CT molecular complexity index is 711. The van der Waals surface area contributed by atoms with Crippen LogP contribution in [0.4, 0.5) is 0 Å². The van der Waals surface area contributed by atoms with Crippen molar-refractivity contribution in [1.82, 2.24) is 14.9 Å². The summed E-state index contributed by atoms with van der Waals surface area (Å²) in [5.74, 6) is 0.252. The van der Waals surface area contributed by atoms with Gasteiger partial charge < -0.3 is 15.4 Å². The minimum atomic E-state index is -3.36. The average molecular weight is 381 g/mol. The lowest BCUT2D eigenvalue weighted by molar-refractivity contribution is 0.0730. The summed E-state index contributed by atoms with van der Waals surface area (Å²) in [6.45, 7) is 3.73. The van der Waals surface area contributed by atoms with Crippen LogP contribution in [0.25, 0.3) is 0 Å². The third-order valence-corrected chi connectivity index (χ3v) is 6.81. The van der Waals surface area contributed by atoms with Crippen molar-refractivity contribution in [2.45, 2.75) is 12.8 Å². The van der Waals surface area contributed by atoms with Crippen LogP contribution in [0.15, 0.2) is 24.3 Å². The molecule has 1 unspecified atom stereocenters. The lowest BCUT2D eigenvalue weighted by atomic mass is 9.94. The number of carbonyl (C=O) groups is 1. The number of ether oxygens (including phenoxy) is 1. The van der Waals surface area contributed by atoms with Crippen LogP contribution in [-0.2, 0) is 21.2 Å². The van der Waals surface area contributed by atoms with Crippen molar-refractivity contribution in [3.63, 3.8) is 0 Å². The van der Waals surface area contributed by atoms with Gasteiger partial charge in [0.2, 0.25) is 10.0 Å². The van der Waals surface area contributed by atoms with Crippen molar-refractivity contribution in [1.29, 1.82) is 0 Å². The van der Waals surface area contributed by atoms with Gasteiger partial charge in [0, 0.05) is 25.2 Å². The highest BCUT2D eigenvalue weighted by molar-refractivity contribution is 7.89. The Morgan fingerprint density at radius 2 is 2.04 bits per heavy atom. The fourth-order valence-corrected chi connectivity index (χ4v) is 4.79. The van der Waals surface area contributed by atoms with Crippen molar-refractivity contribution >= 4 is 15.9 Å². The maximum atomic E-state index is 12.5. The summed E-state index contributed by atoms with van der Waals surface area (Å²) < 4.78 is 31.2. The molecule has 2 heterocycles. The minimum Gasteiger partial charge on any atom is -0.379 e. The summed E-state index contributed by atoms with van der Waals surface area (Å²) in [7, 11) is -3.36. The maximum absolute atomic E-state index is 12.5. The molecule has 1 aromatic carbocycles. The first-order valence-corrected chi connectivity index (χ1v) is 10.8. The summed E-state index contributed by atoms with van der Waals surface area (Å²) in [5, 5.41) is 6.11. The molecule has 0 spiro atoms. The van der Waals surface area contributed by atoms with Gasteiger partial charge in [-0.15, -0.1) is 0 Å². The van der Waals surface area contributed by atoms with Crippen LogP contribution in [-0.4, -0.2) is 70.3 Å². The molecule has 144 valence electrons. The maximum Gasteiger partial charge on any atom is 0.251 e. The third-order valence-electron chi connectivity index (χ3n) is 4.94. The molecule has 0 aliphatic carbocycles. The van der Waals surface area contributed by atoms with E-state index in [2.05, 4.69) is 10.6 Å². The summed E-state index contributed by atoms with van der Waals surface area (Å²) in [6, 6.07) is 7.58. The third kappa shape index (κ3) is 5.03. The summed E-state index contributed by atoms with van der Waals surface area (Å²) in [4.78, 5) is 12.5. The number of sulfonamides is 1. The van der Waals surface area contributed by atoms with Crippen LogP contribution in [0.2, 0.25) is 0 Å². The summed E-state index contributed by atoms with van der Waals surface area (Å²) >= 11 is 0. The quantitative estimate of drug-likeness (QED) is 0.706. The fraction of sp³-hybridized carbons (Fsp3) is 0.611. The van der Waals surface area contributed by atoms with Crippen molar-refractivity contribution in [3.8, 4) is 0 Å². The van der Waals surface area contributed by atoms with E-state index >= 15 is 0 Å². The molecule has 0 bridgehead atoms. The van der Waals surface area contributed by atoms with Gasteiger partial charge in [-0.05, 0) is 43.5 Å². The van der Waals surface area contributed by atoms with E-state index in [1.165, 1.54) is 4.31 Å². The van der Waals surface area contributed by atoms with Crippen LogP contribution >= 0.6 is 0 Å². The molecule has 0 aromatic heterocycles. The molecule has 2 aliphatic heterocycles. The molecular formula is C18H27N3O4S. The Balaban J connectivity index is 1.54. The highest BCUT2D eigenvalue weighted by Crippen LogP contribution is 2.18. The molecule has 0 radical (unpaired) electrons. The molecule has 2 aliphatic rings. The molecular weight excluding hydrogens is 354 g/mol. The molecule has 26 heavy (non-hydrogen) atoms. The minimum absolute atomic E-state index is 0.0898. The van der Waals surface area contributed by atoms with Crippen molar-refractivity contribution in [2.75, 3.05) is 51.7 Å². The lowest BCUT2D eigenvalue weighted by Crippen LogP contribution is -2.43. The number of morpholine rings is 1. The van der Waals surface area contributed by atoms with Crippen molar-refractivity contribution in [2.24, 2.45) is 5.92 Å². The van der Waals surface area contributed by atoms with E-state index in [-0.39, 0.29) is 18.2 Å².